The van der Waals surface area contributed by atoms with Gasteiger partial charge in [0.1, 0.15) is 0 Å². The first-order valence-electron chi connectivity index (χ1n) is 9.35. The van der Waals surface area contributed by atoms with Crippen LogP contribution in [0, 0.1) is 6.92 Å². The molecule has 0 unspecified atom stereocenters. The van der Waals surface area contributed by atoms with E-state index in [1.165, 1.54) is 11.3 Å². The second-order valence-electron chi connectivity index (χ2n) is 7.14. The predicted octanol–water partition coefficient (Wildman–Crippen LogP) is 2.67. The van der Waals surface area contributed by atoms with E-state index in [2.05, 4.69) is 10.3 Å². The molecule has 6 heteroatoms. The van der Waals surface area contributed by atoms with Gasteiger partial charge in [-0.15, -0.1) is 0 Å². The Balaban J connectivity index is 1.78. The van der Waals surface area contributed by atoms with Crippen LogP contribution in [-0.4, -0.2) is 40.2 Å². The van der Waals surface area contributed by atoms with Crippen molar-refractivity contribution in [2.75, 3.05) is 13.2 Å². The lowest BCUT2D eigenvalue weighted by Crippen LogP contribution is -2.46. The van der Waals surface area contributed by atoms with Crippen LogP contribution in [0.25, 0.3) is 10.9 Å². The molecule has 6 nitrogen and oxygen atoms in total. The van der Waals surface area contributed by atoms with Gasteiger partial charge in [-0.2, -0.15) is 0 Å². The average molecular weight is 357 g/mol. The van der Waals surface area contributed by atoms with E-state index < -0.39 is 0 Å². The fraction of sp³-hybridized carbons (Fsp3) is 0.500. The molecule has 0 spiro atoms. The highest BCUT2D eigenvalue weighted by molar-refractivity contribution is 5.80. The van der Waals surface area contributed by atoms with Crippen molar-refractivity contribution in [1.29, 1.82) is 0 Å². The fourth-order valence-electron chi connectivity index (χ4n) is 3.58. The molecule has 0 atom stereocenters. The molecule has 1 heterocycles. The summed E-state index contributed by atoms with van der Waals surface area (Å²) >= 11 is 0. The largest absolute Gasteiger partial charge is 0.395 e. The van der Waals surface area contributed by atoms with Crippen molar-refractivity contribution in [2.24, 2.45) is 0 Å². The van der Waals surface area contributed by atoms with Crippen LogP contribution in [-0.2, 0) is 6.54 Å². The second kappa shape index (κ2) is 8.36. The molecule has 2 amide bonds. The lowest BCUT2D eigenvalue weighted by Gasteiger charge is -2.28. The number of aromatic nitrogens is 1. The third kappa shape index (κ3) is 4.43. The standard InChI is InChI=1S/C20H27N3O3/c1-14-7-8-18-15(11-14)12-16(19(25)22-18)13-23(9-10-24)20(26)21-17-5-3-2-4-6-17/h7-8,11-12,17,24H,2-6,9-10,13H2,1H3,(H,21,26)(H,22,25). The first-order valence-corrected chi connectivity index (χ1v) is 9.35. The number of amides is 2. The zero-order valence-electron chi connectivity index (χ0n) is 15.3. The summed E-state index contributed by atoms with van der Waals surface area (Å²) in [7, 11) is 0. The Morgan fingerprint density at radius 3 is 2.77 bits per heavy atom. The maximum absolute atomic E-state index is 12.6. The Labute approximate surface area is 153 Å². The number of fused-ring (bicyclic) bond motifs is 1. The Kier molecular flexibility index (Phi) is 5.93. The average Bonchev–Trinajstić information content (AvgIpc) is 2.63. The monoisotopic (exact) mass is 357 g/mol. The fourth-order valence-corrected chi connectivity index (χ4v) is 3.58. The van der Waals surface area contributed by atoms with Gasteiger partial charge in [0.15, 0.2) is 0 Å². The summed E-state index contributed by atoms with van der Waals surface area (Å²) in [6, 6.07) is 7.65. The number of aryl methyl sites for hydroxylation is 1. The van der Waals surface area contributed by atoms with Crippen LogP contribution in [0.15, 0.2) is 29.1 Å². The molecule has 3 rings (SSSR count). The van der Waals surface area contributed by atoms with Gasteiger partial charge in [-0.1, -0.05) is 30.9 Å². The second-order valence-corrected chi connectivity index (χ2v) is 7.14. The van der Waals surface area contributed by atoms with E-state index in [4.69, 9.17) is 0 Å². The molecule has 0 bridgehead atoms. The molecular weight excluding hydrogens is 330 g/mol. The number of aromatic amines is 1. The molecule has 1 aliphatic rings. The molecule has 1 saturated carbocycles. The van der Waals surface area contributed by atoms with Crippen LogP contribution >= 0.6 is 0 Å². The minimum absolute atomic E-state index is 0.136. The summed E-state index contributed by atoms with van der Waals surface area (Å²) < 4.78 is 0. The Morgan fingerprint density at radius 2 is 2.04 bits per heavy atom. The van der Waals surface area contributed by atoms with Crippen molar-refractivity contribution in [3.05, 3.63) is 45.7 Å². The molecule has 0 radical (unpaired) electrons. The van der Waals surface area contributed by atoms with Gasteiger partial charge < -0.3 is 20.3 Å². The van der Waals surface area contributed by atoms with Crippen molar-refractivity contribution in [1.82, 2.24) is 15.2 Å². The smallest absolute Gasteiger partial charge is 0.317 e. The van der Waals surface area contributed by atoms with Crippen molar-refractivity contribution < 1.29 is 9.90 Å². The normalized spacial score (nSPS) is 15.2. The van der Waals surface area contributed by atoms with E-state index in [9.17, 15) is 14.7 Å². The lowest BCUT2D eigenvalue weighted by atomic mass is 9.96. The Hall–Kier alpha value is -2.34. The molecule has 1 aliphatic carbocycles. The van der Waals surface area contributed by atoms with E-state index in [1.807, 2.05) is 31.2 Å². The molecule has 1 aromatic carbocycles. The highest BCUT2D eigenvalue weighted by atomic mass is 16.3. The van der Waals surface area contributed by atoms with E-state index in [-0.39, 0.29) is 37.3 Å². The molecule has 26 heavy (non-hydrogen) atoms. The third-order valence-electron chi connectivity index (χ3n) is 5.03. The van der Waals surface area contributed by atoms with Gasteiger partial charge in [0.25, 0.3) is 5.56 Å². The molecule has 1 aromatic heterocycles. The van der Waals surface area contributed by atoms with E-state index in [0.29, 0.717) is 5.56 Å². The van der Waals surface area contributed by atoms with Crippen molar-refractivity contribution in [3.8, 4) is 0 Å². The van der Waals surface area contributed by atoms with Crippen LogP contribution in [0.5, 0.6) is 0 Å². The quantitative estimate of drug-likeness (QED) is 0.769. The van der Waals surface area contributed by atoms with E-state index in [1.54, 1.807) is 0 Å². The van der Waals surface area contributed by atoms with Crippen LogP contribution in [0.2, 0.25) is 0 Å². The molecule has 0 aliphatic heterocycles. The number of carbonyl (C=O) groups is 1. The van der Waals surface area contributed by atoms with Gasteiger partial charge in [0, 0.05) is 23.7 Å². The first-order chi connectivity index (χ1) is 12.6. The minimum atomic E-state index is -0.213. The molecule has 3 N–H and O–H groups in total. The number of carbonyl (C=O) groups excluding carboxylic acids is 1. The zero-order valence-corrected chi connectivity index (χ0v) is 15.3. The van der Waals surface area contributed by atoms with Gasteiger partial charge in [0.2, 0.25) is 0 Å². The maximum atomic E-state index is 12.6. The van der Waals surface area contributed by atoms with Gasteiger partial charge >= 0.3 is 6.03 Å². The lowest BCUT2D eigenvalue weighted by molar-refractivity contribution is 0.168. The van der Waals surface area contributed by atoms with Crippen LogP contribution in [0.4, 0.5) is 4.79 Å². The Morgan fingerprint density at radius 1 is 1.27 bits per heavy atom. The highest BCUT2D eigenvalue weighted by Crippen LogP contribution is 2.18. The van der Waals surface area contributed by atoms with Gasteiger partial charge in [0.05, 0.1) is 13.2 Å². The minimum Gasteiger partial charge on any atom is -0.395 e. The molecular formula is C20H27N3O3. The summed E-state index contributed by atoms with van der Waals surface area (Å²) in [5, 5.41) is 13.3. The van der Waals surface area contributed by atoms with Crippen molar-refractivity contribution in [2.45, 2.75) is 51.6 Å². The molecule has 2 aromatic rings. The number of nitrogens with one attached hydrogen (secondary N) is 2. The van der Waals surface area contributed by atoms with Gasteiger partial charge in [-0.25, -0.2) is 4.79 Å². The van der Waals surface area contributed by atoms with Gasteiger partial charge in [-0.05, 0) is 43.4 Å². The first kappa shape index (κ1) is 18.5. The molecule has 0 saturated heterocycles. The number of H-pyrrole nitrogens is 1. The topological polar surface area (TPSA) is 85.4 Å². The third-order valence-corrected chi connectivity index (χ3v) is 5.03. The number of hydrogen-bond donors (Lipinski definition) is 3. The number of pyridine rings is 1. The Bertz CT molecular complexity index is 825. The predicted molar refractivity (Wildman–Crippen MR) is 102 cm³/mol. The van der Waals surface area contributed by atoms with Crippen LogP contribution in [0.3, 0.4) is 0 Å². The number of hydrogen-bond acceptors (Lipinski definition) is 3. The zero-order chi connectivity index (χ0) is 18.5. The van der Waals surface area contributed by atoms with E-state index in [0.717, 1.165) is 42.1 Å². The maximum Gasteiger partial charge on any atom is 0.317 e. The summed E-state index contributed by atoms with van der Waals surface area (Å²) in [5.41, 5.74) is 2.22. The number of aliphatic hydroxyl groups is 1. The van der Waals surface area contributed by atoms with Crippen molar-refractivity contribution >= 4 is 16.9 Å². The van der Waals surface area contributed by atoms with Crippen molar-refractivity contribution in [3.63, 3.8) is 0 Å². The highest BCUT2D eigenvalue weighted by Gasteiger charge is 2.20. The molecule has 1 fully saturated rings. The van der Waals surface area contributed by atoms with Crippen LogP contribution in [0.1, 0.15) is 43.2 Å². The van der Waals surface area contributed by atoms with Crippen LogP contribution < -0.4 is 10.9 Å². The summed E-state index contributed by atoms with van der Waals surface area (Å²) in [6.07, 6.45) is 5.48. The van der Waals surface area contributed by atoms with Gasteiger partial charge in [-0.3, -0.25) is 4.79 Å². The summed E-state index contributed by atoms with van der Waals surface area (Å²) in [6.45, 7) is 2.24. The summed E-state index contributed by atoms with van der Waals surface area (Å²) in [4.78, 5) is 29.4. The van der Waals surface area contributed by atoms with E-state index >= 15 is 0 Å². The number of aliphatic hydroxyl groups excluding tert-OH is 1. The summed E-state index contributed by atoms with van der Waals surface area (Å²) in [5.74, 6) is 0. The number of rotatable bonds is 5. The SMILES string of the molecule is Cc1ccc2[nH]c(=O)c(CN(CCO)C(=O)NC3CCCCC3)cc2c1. The number of urea groups is 1. The molecule has 140 valence electrons. The number of benzene rings is 1. The number of nitrogens with zero attached hydrogens (tertiary/aromatic N) is 1.